The Labute approximate surface area is 251 Å². The molecule has 0 radical (unpaired) electrons. The minimum atomic E-state index is -0.570. The third kappa shape index (κ3) is 4.94. The molecule has 2 saturated heterocycles. The van der Waals surface area contributed by atoms with Gasteiger partial charge in [0, 0.05) is 42.4 Å². The van der Waals surface area contributed by atoms with E-state index in [1.54, 1.807) is 6.20 Å². The summed E-state index contributed by atoms with van der Waals surface area (Å²) < 4.78 is 24.2. The minimum Gasteiger partial charge on any atom is -0.451 e. The number of benzene rings is 3. The third-order valence-electron chi connectivity index (χ3n) is 8.78. The molecule has 3 aliphatic rings. The topological polar surface area (TPSA) is 102 Å². The fourth-order valence-corrected chi connectivity index (χ4v) is 7.42. The highest BCUT2D eigenvalue weighted by atomic mass is 19.1. The molecule has 1 aromatic heterocycles. The Morgan fingerprint density at radius 2 is 1.77 bits per heavy atom. The van der Waals surface area contributed by atoms with Gasteiger partial charge in [0.05, 0.1) is 11.1 Å². The fourth-order valence-electron chi connectivity index (χ4n) is 7.42. The van der Waals surface area contributed by atoms with Crippen molar-refractivity contribution in [2.24, 2.45) is 5.73 Å². The summed E-state index contributed by atoms with van der Waals surface area (Å²) in [5.74, 6) is -0.240. The molecule has 4 heterocycles. The number of aromatic nitrogens is 1. The first kappa shape index (κ1) is 29.1. The molecule has 1 amide bonds. The van der Waals surface area contributed by atoms with E-state index in [2.05, 4.69) is 38.3 Å². The lowest BCUT2D eigenvalue weighted by Gasteiger charge is -2.46. The zero-order valence-electron chi connectivity index (χ0n) is 24.4. The first-order chi connectivity index (χ1) is 19.9. The third-order valence-corrected chi connectivity index (χ3v) is 8.78. The second-order valence-corrected chi connectivity index (χ2v) is 13.4. The Morgan fingerprint density at radius 1 is 1.09 bits per heavy atom. The van der Waals surface area contributed by atoms with Gasteiger partial charge in [0.25, 0.3) is 5.91 Å². The van der Waals surface area contributed by atoms with Crippen molar-refractivity contribution in [3.8, 4) is 17.2 Å². The van der Waals surface area contributed by atoms with Crippen molar-refractivity contribution in [3.63, 3.8) is 0 Å². The molecule has 1 atom stereocenters. The summed E-state index contributed by atoms with van der Waals surface area (Å²) in [5.41, 5.74) is 6.67. The molecular formula is C34H40FN5O3. The van der Waals surface area contributed by atoms with Crippen LogP contribution in [0.25, 0.3) is 27.4 Å². The van der Waals surface area contributed by atoms with E-state index in [4.69, 9.17) is 10.5 Å². The Balaban J connectivity index is 0.00000329. The predicted molar refractivity (Wildman–Crippen MR) is 170 cm³/mol. The van der Waals surface area contributed by atoms with Gasteiger partial charge in [-0.1, -0.05) is 31.7 Å². The summed E-state index contributed by atoms with van der Waals surface area (Å²) in [6, 6.07) is 12.8. The Bertz CT molecular complexity index is 1830. The molecule has 3 aliphatic heterocycles. The number of fused-ring (bicyclic) bond motifs is 3. The zero-order valence-corrected chi connectivity index (χ0v) is 24.4. The highest BCUT2D eigenvalue weighted by Gasteiger charge is 2.39. The van der Waals surface area contributed by atoms with Gasteiger partial charge in [-0.05, 0) is 75.9 Å². The number of hydrogen-bond acceptors (Lipinski definition) is 6. The van der Waals surface area contributed by atoms with E-state index in [9.17, 15) is 9.59 Å². The molecule has 4 aromatic rings. The van der Waals surface area contributed by atoms with Crippen molar-refractivity contribution < 1.29 is 13.9 Å². The Morgan fingerprint density at radius 3 is 2.42 bits per heavy atom. The van der Waals surface area contributed by atoms with Crippen molar-refractivity contribution in [1.82, 2.24) is 15.2 Å². The summed E-state index contributed by atoms with van der Waals surface area (Å²) in [6.07, 6.45) is 3.75. The fraction of sp³-hybridized carbons (Fsp3) is 0.412. The summed E-state index contributed by atoms with van der Waals surface area (Å²) in [7, 11) is 0. The average molecular weight is 586 g/mol. The van der Waals surface area contributed by atoms with Gasteiger partial charge in [0.1, 0.15) is 16.8 Å². The van der Waals surface area contributed by atoms with Crippen molar-refractivity contribution in [3.05, 3.63) is 70.3 Å². The number of amides is 1. The van der Waals surface area contributed by atoms with Gasteiger partial charge < -0.3 is 30.6 Å². The monoisotopic (exact) mass is 585 g/mol. The van der Waals surface area contributed by atoms with Crippen LogP contribution in [0.15, 0.2) is 53.5 Å². The number of nitrogens with one attached hydrogen (secondary N) is 2. The molecule has 226 valence electrons. The molecule has 1 unspecified atom stereocenters. The SMILES string of the molecule is C.CC1(C)CC(NC(=O)c2cn3c4c(c(N5CCC(N)C5)c(F)cc4c2=O)Oc2cc4ccccc4cc2-3)CC(C)(C)N1. The number of pyridine rings is 1. The second kappa shape index (κ2) is 10.1. The van der Waals surface area contributed by atoms with E-state index in [0.29, 0.717) is 48.6 Å². The lowest BCUT2D eigenvalue weighted by Crippen LogP contribution is -2.62. The van der Waals surface area contributed by atoms with Gasteiger partial charge in [0.2, 0.25) is 5.43 Å². The van der Waals surface area contributed by atoms with Crippen molar-refractivity contribution in [2.75, 3.05) is 18.0 Å². The molecule has 3 aromatic carbocycles. The number of anilines is 1. The molecule has 0 spiro atoms. The molecule has 43 heavy (non-hydrogen) atoms. The number of carbonyl (C=O) groups is 1. The maximum absolute atomic E-state index is 16.0. The van der Waals surface area contributed by atoms with Crippen LogP contribution in [-0.2, 0) is 0 Å². The standard InChI is InChI=1S/C33H36FN5O3.CH4/c1-32(2)14-21(15-33(3,4)37-32)36-31(41)23-17-39-25-11-18-7-5-6-8-19(18)12-26(25)42-30-27(39)22(29(23)40)13-24(34)28(30)38-10-9-20(35)16-38;/h5-8,11-13,17,20-21,37H,9-10,14-16,35H2,1-4H3,(H,36,41);1H4. The summed E-state index contributed by atoms with van der Waals surface area (Å²) in [4.78, 5) is 29.6. The average Bonchev–Trinajstić information content (AvgIpc) is 3.32. The Kier molecular flexibility index (Phi) is 6.82. The number of rotatable bonds is 3. The van der Waals surface area contributed by atoms with E-state index in [1.165, 1.54) is 6.07 Å². The van der Waals surface area contributed by atoms with Gasteiger partial charge in [0.15, 0.2) is 17.3 Å². The van der Waals surface area contributed by atoms with Crippen molar-refractivity contribution >= 4 is 33.3 Å². The summed E-state index contributed by atoms with van der Waals surface area (Å²) in [5, 5.41) is 8.80. The number of carbonyl (C=O) groups excluding carboxylic acids is 1. The van der Waals surface area contributed by atoms with E-state index in [0.717, 1.165) is 17.2 Å². The summed E-state index contributed by atoms with van der Waals surface area (Å²) >= 11 is 0. The Hall–Kier alpha value is -3.95. The van der Waals surface area contributed by atoms with Crippen LogP contribution >= 0.6 is 0 Å². The number of nitrogens with zero attached hydrogens (tertiary/aromatic N) is 2. The van der Waals surface area contributed by atoms with E-state index in [-0.39, 0.29) is 47.3 Å². The van der Waals surface area contributed by atoms with Crippen LogP contribution in [0.3, 0.4) is 0 Å². The molecular weight excluding hydrogens is 545 g/mol. The lowest BCUT2D eigenvalue weighted by atomic mass is 9.79. The molecule has 0 aliphatic carbocycles. The van der Waals surface area contributed by atoms with Crippen LogP contribution in [0.5, 0.6) is 11.5 Å². The van der Waals surface area contributed by atoms with Gasteiger partial charge >= 0.3 is 0 Å². The van der Waals surface area contributed by atoms with Crippen LogP contribution in [0.2, 0.25) is 0 Å². The first-order valence-electron chi connectivity index (χ1n) is 14.6. The normalized spacial score (nSPS) is 20.4. The number of hydrogen-bond donors (Lipinski definition) is 3. The zero-order chi connectivity index (χ0) is 29.6. The molecule has 9 heteroatoms. The number of ether oxygens (including phenoxy) is 1. The molecule has 8 nitrogen and oxygen atoms in total. The number of nitrogens with two attached hydrogens (primary N) is 1. The number of halogens is 1. The van der Waals surface area contributed by atoms with Gasteiger partial charge in [-0.2, -0.15) is 0 Å². The predicted octanol–water partition coefficient (Wildman–Crippen LogP) is 5.60. The minimum absolute atomic E-state index is 0. The van der Waals surface area contributed by atoms with E-state index in [1.807, 2.05) is 45.9 Å². The van der Waals surface area contributed by atoms with Crippen molar-refractivity contribution in [2.45, 2.75) is 77.5 Å². The highest BCUT2D eigenvalue weighted by Crippen LogP contribution is 2.48. The maximum Gasteiger partial charge on any atom is 0.257 e. The molecule has 0 bridgehead atoms. The molecule has 0 saturated carbocycles. The van der Waals surface area contributed by atoms with Crippen LogP contribution in [0.1, 0.15) is 64.7 Å². The van der Waals surface area contributed by atoms with E-state index >= 15 is 4.39 Å². The van der Waals surface area contributed by atoms with Crippen LogP contribution in [0.4, 0.5) is 10.1 Å². The molecule has 7 rings (SSSR count). The van der Waals surface area contributed by atoms with Gasteiger partial charge in [-0.25, -0.2) is 4.39 Å². The number of piperidine rings is 1. The van der Waals surface area contributed by atoms with Gasteiger partial charge in [-0.15, -0.1) is 0 Å². The summed E-state index contributed by atoms with van der Waals surface area (Å²) in [6.45, 7) is 9.50. The molecule has 2 fully saturated rings. The second-order valence-electron chi connectivity index (χ2n) is 13.4. The quantitative estimate of drug-likeness (QED) is 0.255. The van der Waals surface area contributed by atoms with Crippen molar-refractivity contribution in [1.29, 1.82) is 0 Å². The highest BCUT2D eigenvalue weighted by molar-refractivity contribution is 6.02. The van der Waals surface area contributed by atoms with Crippen LogP contribution in [0, 0.1) is 5.82 Å². The van der Waals surface area contributed by atoms with Crippen LogP contribution < -0.4 is 31.4 Å². The largest absolute Gasteiger partial charge is 0.451 e. The van der Waals surface area contributed by atoms with E-state index < -0.39 is 17.2 Å². The molecule has 4 N–H and O–H groups in total. The van der Waals surface area contributed by atoms with Gasteiger partial charge in [-0.3, -0.25) is 9.59 Å². The smallest absolute Gasteiger partial charge is 0.257 e. The van der Waals surface area contributed by atoms with Crippen LogP contribution in [-0.4, -0.2) is 46.7 Å². The maximum atomic E-state index is 16.0. The first-order valence-corrected chi connectivity index (χ1v) is 14.6. The lowest BCUT2D eigenvalue weighted by molar-refractivity contribution is 0.0871.